The monoisotopic (exact) mass is 1070 g/mol. The minimum absolute atomic E-state index is 0. The summed E-state index contributed by atoms with van der Waals surface area (Å²) < 4.78 is 43.6. The van der Waals surface area contributed by atoms with E-state index in [2.05, 4.69) is 165 Å². The number of aromatic nitrogens is 6. The summed E-state index contributed by atoms with van der Waals surface area (Å²) in [6.45, 7) is -2.63. The van der Waals surface area contributed by atoms with Crippen molar-refractivity contribution in [3.05, 3.63) is 231 Å². The van der Waals surface area contributed by atoms with Gasteiger partial charge in [0.25, 0.3) is 0 Å². The van der Waals surface area contributed by atoms with E-state index < -0.39 is 6.98 Å². The molecule has 9 aromatic carbocycles. The molecule has 0 saturated carbocycles. The van der Waals surface area contributed by atoms with E-state index in [1.54, 1.807) is 10.8 Å². The second-order valence-corrected chi connectivity index (χ2v) is 17.0. The number of benzene rings is 9. The molecule has 14 aromatic rings. The number of ether oxygens (including phenoxy) is 1. The van der Waals surface area contributed by atoms with Crippen molar-refractivity contribution in [1.29, 1.82) is 0 Å². The summed E-state index contributed by atoms with van der Waals surface area (Å²) in [6.07, 6.45) is 5.08. The van der Waals surface area contributed by atoms with Crippen molar-refractivity contribution in [3.8, 4) is 45.5 Å². The van der Waals surface area contributed by atoms with Crippen LogP contribution in [-0.2, 0) is 28.0 Å². The molecule has 0 aliphatic heterocycles. The fraction of sp³-hybridized carbons (Fsp3) is 0.0164. The van der Waals surface area contributed by atoms with Crippen LogP contribution in [0.2, 0.25) is 0 Å². The third-order valence-electron chi connectivity index (χ3n) is 13.3. The molecule has 5 aromatic heterocycles. The molecule has 0 saturated heterocycles. The Kier molecular flexibility index (Phi) is 8.76. The van der Waals surface area contributed by atoms with Gasteiger partial charge in [0.05, 0.1) is 55.6 Å². The Labute approximate surface area is 415 Å². The van der Waals surface area contributed by atoms with Crippen LogP contribution in [0, 0.1) is 18.5 Å². The van der Waals surface area contributed by atoms with Gasteiger partial charge in [-0.3, -0.25) is 0 Å². The maximum atomic E-state index is 9.08. The van der Waals surface area contributed by atoms with E-state index >= 15 is 0 Å². The molecule has 0 fully saturated rings. The number of imidazole rings is 1. The Morgan fingerprint density at radius 3 is 1.55 bits per heavy atom. The van der Waals surface area contributed by atoms with Crippen molar-refractivity contribution in [3.63, 3.8) is 0 Å². The number of fused-ring (bicyclic) bond motifs is 10. The molecule has 0 spiro atoms. The van der Waals surface area contributed by atoms with Crippen LogP contribution in [0.1, 0.15) is 4.11 Å². The van der Waals surface area contributed by atoms with E-state index in [0.717, 1.165) is 93.7 Å². The molecule has 330 valence electrons. The van der Waals surface area contributed by atoms with Gasteiger partial charge in [0.2, 0.25) is 6.33 Å². The Hall–Kier alpha value is -8.51. The minimum atomic E-state index is -2.63. The van der Waals surface area contributed by atoms with Gasteiger partial charge in [0, 0.05) is 71.4 Å². The van der Waals surface area contributed by atoms with Crippen molar-refractivity contribution in [2.75, 3.05) is 0 Å². The van der Waals surface area contributed by atoms with Gasteiger partial charge in [-0.25, -0.2) is 4.98 Å². The van der Waals surface area contributed by atoms with Crippen molar-refractivity contribution in [2.24, 2.45) is 6.98 Å². The SMILES string of the molecule is [2H]C([2H])([2H])[n+]1[c-]n(-c2[c-]c(Oc3[c-]c4c(cc3)c3ccccc3n4-c3ccccn3)ccc2)c2cccc(-c3c(-n4c5ccccc5c5ccccc54)cccc3-n3c4ccccc4c4ccccc43)c21.[Pt]. The zero-order valence-corrected chi connectivity index (χ0v) is 38.9. The van der Waals surface area contributed by atoms with Gasteiger partial charge in [-0.2, -0.15) is 18.2 Å². The second-order valence-electron chi connectivity index (χ2n) is 17.0. The number of para-hydroxylation sites is 6. The van der Waals surface area contributed by atoms with Crippen molar-refractivity contribution in [1.82, 2.24) is 23.3 Å². The van der Waals surface area contributed by atoms with Crippen LogP contribution in [-0.4, -0.2) is 23.3 Å². The topological polar surface area (TPSA) is 45.7 Å². The maximum absolute atomic E-state index is 9.08. The Morgan fingerprint density at radius 1 is 0.464 bits per heavy atom. The molecule has 0 radical (unpaired) electrons. The van der Waals surface area contributed by atoms with Crippen LogP contribution in [0.15, 0.2) is 212 Å². The molecule has 0 aliphatic carbocycles. The molecule has 0 amide bonds. The van der Waals surface area contributed by atoms with Gasteiger partial charge in [0.15, 0.2) is 0 Å². The van der Waals surface area contributed by atoms with Crippen LogP contribution >= 0.6 is 0 Å². The quantitative estimate of drug-likeness (QED) is 0.118. The smallest absolute Gasteiger partial charge is 0.242 e. The molecule has 14 rings (SSSR count). The first kappa shape index (κ1) is 37.6. The van der Waals surface area contributed by atoms with Crippen LogP contribution < -0.4 is 9.30 Å². The number of aryl methyl sites for hydroxylation is 1. The van der Waals surface area contributed by atoms with Crippen LogP contribution in [0.25, 0.3) is 110 Å². The number of hydrogen-bond acceptors (Lipinski definition) is 2. The molecular weight excluding hydrogens is 1030 g/mol. The summed E-state index contributed by atoms with van der Waals surface area (Å²) in [4.78, 5) is 4.68. The summed E-state index contributed by atoms with van der Waals surface area (Å²) in [7, 11) is 0. The van der Waals surface area contributed by atoms with Gasteiger partial charge in [-0.05, 0) is 65.5 Å². The average molecular weight is 1070 g/mol. The molecule has 0 unspecified atom stereocenters. The summed E-state index contributed by atoms with van der Waals surface area (Å²) >= 11 is 0. The normalized spacial score (nSPS) is 12.6. The number of nitrogens with zero attached hydrogens (tertiary/aromatic N) is 6. The Balaban J connectivity index is 0.00000504. The van der Waals surface area contributed by atoms with Gasteiger partial charge < -0.3 is 27.6 Å². The van der Waals surface area contributed by atoms with Gasteiger partial charge >= 0.3 is 0 Å². The van der Waals surface area contributed by atoms with Gasteiger partial charge in [-0.1, -0.05) is 133 Å². The standard InChI is InChI=1S/C61H38N6O.Pt/c1-63-39-64(40-17-14-18-41(37-40)68-42-34-35-48-47-23-6-11-29-54(47)67(58(48)38-42)59-33-12-13-36-62-59)57-32-15-24-49(61(57)63)60-55(65-50-25-7-2-19-43(50)44-20-3-8-26-51(44)65)30-16-31-56(60)66-52-27-9-4-21-45(52)46-22-5-10-28-53(46)66;/h2-36H,1H3;/q-2;/i1D3;. The molecule has 8 heteroatoms. The fourth-order valence-corrected chi connectivity index (χ4v) is 10.5. The van der Waals surface area contributed by atoms with E-state index in [4.69, 9.17) is 8.85 Å². The summed E-state index contributed by atoms with van der Waals surface area (Å²) in [5.41, 5.74) is 11.0. The number of pyridine rings is 1. The van der Waals surface area contributed by atoms with Gasteiger partial charge in [-0.15, -0.1) is 29.7 Å². The molecule has 0 N–H and O–H groups in total. The zero-order chi connectivity index (χ0) is 47.4. The van der Waals surface area contributed by atoms with E-state index in [1.807, 2.05) is 78.9 Å². The number of rotatable bonds is 7. The van der Waals surface area contributed by atoms with Crippen LogP contribution in [0.5, 0.6) is 11.5 Å². The molecule has 69 heavy (non-hydrogen) atoms. The number of hydrogen-bond donors (Lipinski definition) is 0. The van der Waals surface area contributed by atoms with Gasteiger partial charge in [0.1, 0.15) is 5.82 Å². The molecular formula is C61H38N6OPt-2. The minimum Gasteiger partial charge on any atom is -0.510 e. The predicted octanol–water partition coefficient (Wildman–Crippen LogP) is 14.0. The van der Waals surface area contributed by atoms with Crippen molar-refractivity contribution in [2.45, 2.75) is 0 Å². The first-order chi connectivity index (χ1) is 34.9. The predicted molar refractivity (Wildman–Crippen MR) is 274 cm³/mol. The first-order valence-corrected chi connectivity index (χ1v) is 22.6. The average Bonchev–Trinajstić information content (AvgIpc) is 4.16. The van der Waals surface area contributed by atoms with E-state index in [1.165, 1.54) is 4.57 Å². The first-order valence-electron chi connectivity index (χ1n) is 24.1. The molecule has 0 aliphatic rings. The maximum Gasteiger partial charge on any atom is 0.242 e. The van der Waals surface area contributed by atoms with Crippen molar-refractivity contribution < 1.29 is 34.5 Å². The van der Waals surface area contributed by atoms with Crippen molar-refractivity contribution >= 4 is 76.5 Å². The molecule has 7 nitrogen and oxygen atoms in total. The molecule has 0 bridgehead atoms. The third kappa shape index (κ3) is 6.24. The van der Waals surface area contributed by atoms with E-state index in [9.17, 15) is 0 Å². The second kappa shape index (κ2) is 16.1. The summed E-state index contributed by atoms with van der Waals surface area (Å²) in [5, 5.41) is 6.60. The third-order valence-corrected chi connectivity index (χ3v) is 13.3. The molecule has 5 heterocycles. The Bertz CT molecular complexity index is 4210. The zero-order valence-electron chi connectivity index (χ0n) is 39.6. The van der Waals surface area contributed by atoms with E-state index in [0.29, 0.717) is 28.2 Å². The largest absolute Gasteiger partial charge is 0.510 e. The van der Waals surface area contributed by atoms with Crippen LogP contribution in [0.3, 0.4) is 0 Å². The summed E-state index contributed by atoms with van der Waals surface area (Å²) in [6, 6.07) is 76.8. The fourth-order valence-electron chi connectivity index (χ4n) is 10.5. The molecule has 0 atom stereocenters. The van der Waals surface area contributed by atoms with Crippen LogP contribution in [0.4, 0.5) is 0 Å². The van der Waals surface area contributed by atoms with E-state index in [-0.39, 0.29) is 21.1 Å². The summed E-state index contributed by atoms with van der Waals surface area (Å²) in [5.74, 6) is 1.69. The Morgan fingerprint density at radius 2 is 0.971 bits per heavy atom.